The van der Waals surface area contributed by atoms with Crippen LogP contribution in [0.1, 0.15) is 0 Å². The molecule has 1 aromatic heterocycles. The van der Waals surface area contributed by atoms with E-state index in [1.54, 1.807) is 0 Å². The number of benzene rings is 11. The third-order valence-electron chi connectivity index (χ3n) is 12.8. The van der Waals surface area contributed by atoms with Gasteiger partial charge in [-0.2, -0.15) is 0 Å². The number of fused-ring (bicyclic) bond motifs is 6. The second kappa shape index (κ2) is 15.8. The molecule has 0 spiro atoms. The van der Waals surface area contributed by atoms with Crippen molar-refractivity contribution in [3.05, 3.63) is 255 Å². The molecule has 2 heteroatoms. The molecule has 12 rings (SSSR count). The lowest BCUT2D eigenvalue weighted by Gasteiger charge is -2.28. The van der Waals surface area contributed by atoms with Crippen LogP contribution in [0.3, 0.4) is 0 Å². The van der Waals surface area contributed by atoms with Crippen LogP contribution < -0.4 is 4.90 Å². The minimum absolute atomic E-state index is 1.07. The zero-order valence-electron chi connectivity index (χ0n) is 35.1. The number of anilines is 3. The summed E-state index contributed by atoms with van der Waals surface area (Å²) in [7, 11) is 0. The molecular weight excluding hydrogens is 773 g/mol. The van der Waals surface area contributed by atoms with Crippen molar-refractivity contribution in [2.75, 3.05) is 4.90 Å². The average Bonchev–Trinajstić information content (AvgIpc) is 3.71. The van der Waals surface area contributed by atoms with Crippen LogP contribution in [0.25, 0.3) is 93.5 Å². The average molecular weight is 815 g/mol. The third kappa shape index (κ3) is 6.44. The number of nitrogens with zero attached hydrogens (tertiary/aromatic N) is 2. The number of para-hydroxylation sites is 3. The highest BCUT2D eigenvalue weighted by Gasteiger charge is 2.21. The fourth-order valence-electron chi connectivity index (χ4n) is 9.85. The molecular formula is C62H42N2. The van der Waals surface area contributed by atoms with E-state index in [-0.39, 0.29) is 0 Å². The van der Waals surface area contributed by atoms with E-state index in [2.05, 4.69) is 264 Å². The maximum Gasteiger partial charge on any atom is 0.0541 e. The molecule has 300 valence electrons. The van der Waals surface area contributed by atoms with Crippen LogP contribution in [0.15, 0.2) is 255 Å². The van der Waals surface area contributed by atoms with Gasteiger partial charge in [-0.1, -0.05) is 194 Å². The molecule has 0 saturated heterocycles. The van der Waals surface area contributed by atoms with Crippen molar-refractivity contribution in [3.8, 4) is 50.2 Å². The van der Waals surface area contributed by atoms with Crippen LogP contribution in [0.4, 0.5) is 17.1 Å². The fourth-order valence-corrected chi connectivity index (χ4v) is 9.85. The van der Waals surface area contributed by atoms with Gasteiger partial charge in [0.2, 0.25) is 0 Å². The summed E-state index contributed by atoms with van der Waals surface area (Å²) in [5.74, 6) is 0. The van der Waals surface area contributed by atoms with E-state index in [0.29, 0.717) is 0 Å². The summed E-state index contributed by atoms with van der Waals surface area (Å²) in [6, 6.07) is 92.8. The molecule has 11 aromatic carbocycles. The molecule has 0 aliphatic heterocycles. The molecule has 0 aliphatic carbocycles. The third-order valence-corrected chi connectivity index (χ3v) is 12.8. The summed E-state index contributed by atoms with van der Waals surface area (Å²) in [4.78, 5) is 2.42. The normalized spacial score (nSPS) is 11.4. The van der Waals surface area contributed by atoms with Gasteiger partial charge in [0, 0.05) is 33.4 Å². The van der Waals surface area contributed by atoms with Crippen molar-refractivity contribution in [2.45, 2.75) is 0 Å². The molecule has 0 unspecified atom stereocenters. The SMILES string of the molecule is c1ccc(-c2cccc(N(c3cccc(-c4cc5ccccc5c5ccccc45)c3)c3ccc(-c4ccccc4-n4c5ccccc5c5ccccc54)c(-c4ccccc4)c3)c2)cc1. The fraction of sp³-hybridized carbons (Fsp3) is 0. The standard InChI is InChI=1S/C62H42N2/c1-3-19-43(20-4-1)45-24-17-26-48(39-45)63(49-27-18-25-46(40-49)58-41-47-23-7-8-28-51(47)52-29-9-10-30-53(52)58)50-37-38-54(59(42-50)44-21-5-2-6-22-44)55-31-11-14-34-60(55)64-61-35-15-12-32-56(61)57-33-13-16-36-62(57)64/h1-42H. The largest absolute Gasteiger partial charge is 0.310 e. The number of hydrogen-bond donors (Lipinski definition) is 0. The minimum Gasteiger partial charge on any atom is -0.310 e. The van der Waals surface area contributed by atoms with Crippen LogP contribution in [-0.4, -0.2) is 4.57 Å². The maximum absolute atomic E-state index is 2.44. The first kappa shape index (κ1) is 37.3. The molecule has 64 heavy (non-hydrogen) atoms. The Balaban J connectivity index is 1.08. The van der Waals surface area contributed by atoms with Crippen LogP contribution in [-0.2, 0) is 0 Å². The van der Waals surface area contributed by atoms with E-state index in [1.165, 1.54) is 76.7 Å². The molecule has 0 aliphatic rings. The first-order chi connectivity index (χ1) is 31.8. The van der Waals surface area contributed by atoms with Gasteiger partial charge in [0.15, 0.2) is 0 Å². The first-order valence-electron chi connectivity index (χ1n) is 22.0. The van der Waals surface area contributed by atoms with E-state index in [0.717, 1.165) is 33.9 Å². The Morgan fingerprint density at radius 2 is 0.766 bits per heavy atom. The van der Waals surface area contributed by atoms with Gasteiger partial charge in [0.1, 0.15) is 0 Å². The summed E-state index contributed by atoms with van der Waals surface area (Å²) < 4.78 is 2.44. The predicted molar refractivity (Wildman–Crippen MR) is 272 cm³/mol. The summed E-state index contributed by atoms with van der Waals surface area (Å²) in [6.07, 6.45) is 0. The van der Waals surface area contributed by atoms with E-state index in [1.807, 2.05) is 0 Å². The van der Waals surface area contributed by atoms with Crippen molar-refractivity contribution >= 4 is 60.4 Å². The van der Waals surface area contributed by atoms with Gasteiger partial charge in [-0.15, -0.1) is 0 Å². The Bertz CT molecular complexity index is 3620. The van der Waals surface area contributed by atoms with E-state index in [9.17, 15) is 0 Å². The Kier molecular flexibility index (Phi) is 9.20. The second-order valence-corrected chi connectivity index (χ2v) is 16.5. The molecule has 0 radical (unpaired) electrons. The summed E-state index contributed by atoms with van der Waals surface area (Å²) in [6.45, 7) is 0. The van der Waals surface area contributed by atoms with Crippen LogP contribution >= 0.6 is 0 Å². The van der Waals surface area contributed by atoms with Gasteiger partial charge in [0.05, 0.1) is 16.7 Å². The van der Waals surface area contributed by atoms with Crippen LogP contribution in [0, 0.1) is 0 Å². The smallest absolute Gasteiger partial charge is 0.0541 e. The van der Waals surface area contributed by atoms with Gasteiger partial charge in [-0.3, -0.25) is 0 Å². The van der Waals surface area contributed by atoms with Crippen molar-refractivity contribution in [1.29, 1.82) is 0 Å². The lowest BCUT2D eigenvalue weighted by molar-refractivity contribution is 1.18. The lowest BCUT2D eigenvalue weighted by atomic mass is 9.92. The molecule has 1 heterocycles. The first-order valence-corrected chi connectivity index (χ1v) is 22.0. The van der Waals surface area contributed by atoms with Gasteiger partial charge < -0.3 is 9.47 Å². The zero-order valence-corrected chi connectivity index (χ0v) is 35.1. The number of rotatable bonds is 8. The molecule has 0 N–H and O–H groups in total. The summed E-state index contributed by atoms with van der Waals surface area (Å²) in [5.41, 5.74) is 16.2. The zero-order chi connectivity index (χ0) is 42.4. The molecule has 0 atom stereocenters. The molecule has 0 saturated carbocycles. The van der Waals surface area contributed by atoms with E-state index in [4.69, 9.17) is 0 Å². The highest BCUT2D eigenvalue weighted by Crippen LogP contribution is 2.45. The van der Waals surface area contributed by atoms with Crippen LogP contribution in [0.5, 0.6) is 0 Å². The van der Waals surface area contributed by atoms with Gasteiger partial charge in [-0.05, 0) is 121 Å². The van der Waals surface area contributed by atoms with Crippen molar-refractivity contribution in [2.24, 2.45) is 0 Å². The highest BCUT2D eigenvalue weighted by molar-refractivity contribution is 6.14. The summed E-state index contributed by atoms with van der Waals surface area (Å²) >= 11 is 0. The topological polar surface area (TPSA) is 8.17 Å². The second-order valence-electron chi connectivity index (χ2n) is 16.5. The monoisotopic (exact) mass is 814 g/mol. The lowest BCUT2D eigenvalue weighted by Crippen LogP contribution is -2.10. The Morgan fingerprint density at radius 1 is 0.250 bits per heavy atom. The molecule has 12 aromatic rings. The molecule has 0 bridgehead atoms. The summed E-state index contributed by atoms with van der Waals surface area (Å²) in [5, 5.41) is 7.51. The van der Waals surface area contributed by atoms with E-state index >= 15 is 0 Å². The van der Waals surface area contributed by atoms with Crippen LogP contribution in [0.2, 0.25) is 0 Å². The Morgan fingerprint density at radius 3 is 1.48 bits per heavy atom. The molecule has 0 fully saturated rings. The van der Waals surface area contributed by atoms with Gasteiger partial charge >= 0.3 is 0 Å². The van der Waals surface area contributed by atoms with Gasteiger partial charge in [-0.25, -0.2) is 0 Å². The van der Waals surface area contributed by atoms with Crippen molar-refractivity contribution in [1.82, 2.24) is 4.57 Å². The number of aromatic nitrogens is 1. The maximum atomic E-state index is 2.44. The minimum atomic E-state index is 1.07. The Hall–Kier alpha value is -8.46. The molecule has 2 nitrogen and oxygen atoms in total. The van der Waals surface area contributed by atoms with Crippen molar-refractivity contribution in [3.63, 3.8) is 0 Å². The molecule has 0 amide bonds. The highest BCUT2D eigenvalue weighted by atomic mass is 15.1. The Labute approximate surface area is 373 Å². The van der Waals surface area contributed by atoms with Gasteiger partial charge in [0.25, 0.3) is 0 Å². The quantitative estimate of drug-likeness (QED) is 0.139. The predicted octanol–water partition coefficient (Wildman–Crippen LogP) is 17.2. The van der Waals surface area contributed by atoms with Crippen molar-refractivity contribution < 1.29 is 0 Å². The van der Waals surface area contributed by atoms with E-state index < -0.39 is 0 Å². The number of hydrogen-bond acceptors (Lipinski definition) is 1.